The van der Waals surface area contributed by atoms with E-state index in [0.717, 1.165) is 48.9 Å². The van der Waals surface area contributed by atoms with Gasteiger partial charge in [0.2, 0.25) is 0 Å². The molecule has 7 atom stereocenters. The van der Waals surface area contributed by atoms with Gasteiger partial charge in [-0.05, 0) is 85.4 Å². The zero-order chi connectivity index (χ0) is 22.4. The van der Waals surface area contributed by atoms with Crippen LogP contribution in [0.25, 0.3) is 0 Å². The lowest BCUT2D eigenvalue weighted by Crippen LogP contribution is -2.48. The monoisotopic (exact) mass is 432 g/mol. The molecule has 0 aromatic rings. The topological polar surface area (TPSA) is 64.1 Å². The first-order valence-electron chi connectivity index (χ1n) is 13.8. The first-order chi connectivity index (χ1) is 14.6. The van der Waals surface area contributed by atoms with E-state index in [1.165, 1.54) is 57.8 Å². The number of hydrazine groups is 1. The second-order valence-electron chi connectivity index (χ2n) is 13.6. The van der Waals surface area contributed by atoms with E-state index >= 15 is 0 Å². The molecule has 180 valence electrons. The molecule has 0 aromatic carbocycles. The largest absolute Gasteiger partial charge is 0.393 e. The minimum atomic E-state index is -0.113. The van der Waals surface area contributed by atoms with Crippen molar-refractivity contribution in [1.82, 2.24) is 10.9 Å². The summed E-state index contributed by atoms with van der Waals surface area (Å²) in [6, 6.07) is 0. The van der Waals surface area contributed by atoms with Gasteiger partial charge in [0, 0.05) is 5.92 Å². The molecule has 31 heavy (non-hydrogen) atoms. The predicted molar refractivity (Wildman–Crippen MR) is 130 cm³/mol. The van der Waals surface area contributed by atoms with Crippen LogP contribution in [0.4, 0.5) is 0 Å². The van der Waals surface area contributed by atoms with E-state index in [2.05, 4.69) is 52.4 Å². The van der Waals surface area contributed by atoms with Crippen LogP contribution in [0.5, 0.6) is 0 Å². The first kappa shape index (κ1) is 24.0. The zero-order valence-corrected chi connectivity index (χ0v) is 21.5. The summed E-state index contributed by atoms with van der Waals surface area (Å²) in [6.45, 7) is 14.8. The Kier molecular flexibility index (Phi) is 6.91. The molecular weight excluding hydrogens is 380 g/mol. The lowest BCUT2D eigenvalue weighted by atomic mass is 9.56. The summed E-state index contributed by atoms with van der Waals surface area (Å²) >= 11 is 0. The Labute approximate surface area is 192 Å². The highest BCUT2D eigenvalue weighted by molar-refractivity contribution is 5.10. The van der Waals surface area contributed by atoms with Crippen molar-refractivity contribution in [3.63, 3.8) is 0 Å². The highest BCUT2D eigenvalue weighted by Crippen LogP contribution is 2.62. The third kappa shape index (κ3) is 4.76. The van der Waals surface area contributed by atoms with E-state index in [1.807, 2.05) is 0 Å². The van der Waals surface area contributed by atoms with Crippen molar-refractivity contribution in [1.29, 1.82) is 0 Å². The van der Waals surface area contributed by atoms with Crippen LogP contribution in [0, 0.1) is 46.3 Å². The standard InChI is InChI=1S/C28H52N2O/c1-19(2)9-7-10-20(3)23-12-13-24-21(11-8-15-27(23,24)6)18-28(29-30-28)25-17-22(31)14-16-26(25,4)5/h19-25,29-31H,7-18H2,1-6H3/t20-,21?,22+,23-,24?,25+,27-/m1/s1. The first-order valence-corrected chi connectivity index (χ1v) is 13.8. The Morgan fingerprint density at radius 2 is 1.68 bits per heavy atom. The number of rotatable bonds is 8. The van der Waals surface area contributed by atoms with Gasteiger partial charge in [-0.1, -0.05) is 73.6 Å². The summed E-state index contributed by atoms with van der Waals surface area (Å²) in [4.78, 5) is 0. The number of fused-ring (bicyclic) bond motifs is 1. The van der Waals surface area contributed by atoms with Crippen LogP contribution in [-0.4, -0.2) is 16.9 Å². The molecular formula is C28H52N2O. The molecule has 4 aliphatic rings. The van der Waals surface area contributed by atoms with Gasteiger partial charge in [0.1, 0.15) is 0 Å². The van der Waals surface area contributed by atoms with Crippen molar-refractivity contribution in [2.45, 2.75) is 130 Å². The van der Waals surface area contributed by atoms with E-state index in [9.17, 15) is 5.11 Å². The molecule has 4 fully saturated rings. The van der Waals surface area contributed by atoms with E-state index in [4.69, 9.17) is 0 Å². The molecule has 1 aliphatic heterocycles. The van der Waals surface area contributed by atoms with Crippen molar-refractivity contribution in [3.05, 3.63) is 0 Å². The number of hydrogen-bond acceptors (Lipinski definition) is 3. The van der Waals surface area contributed by atoms with Crippen LogP contribution in [0.15, 0.2) is 0 Å². The van der Waals surface area contributed by atoms with Crippen LogP contribution < -0.4 is 10.9 Å². The normalized spacial score (nSPS) is 42.4. The molecule has 1 saturated heterocycles. The molecule has 3 aliphatic carbocycles. The van der Waals surface area contributed by atoms with Gasteiger partial charge in [0.15, 0.2) is 0 Å². The van der Waals surface area contributed by atoms with Gasteiger partial charge in [-0.2, -0.15) is 0 Å². The minimum absolute atomic E-state index is 0.0782. The van der Waals surface area contributed by atoms with Crippen LogP contribution in [-0.2, 0) is 0 Å². The summed E-state index contributed by atoms with van der Waals surface area (Å²) in [5, 5.41) is 10.4. The van der Waals surface area contributed by atoms with E-state index in [0.29, 0.717) is 16.7 Å². The van der Waals surface area contributed by atoms with Gasteiger partial charge in [-0.3, -0.25) is 0 Å². The van der Waals surface area contributed by atoms with Gasteiger partial charge in [0.05, 0.1) is 11.8 Å². The average Bonchev–Trinajstić information content (AvgIpc) is 3.36. The Morgan fingerprint density at radius 3 is 2.35 bits per heavy atom. The molecule has 1 heterocycles. The Morgan fingerprint density at radius 1 is 0.935 bits per heavy atom. The van der Waals surface area contributed by atoms with E-state index in [-0.39, 0.29) is 11.8 Å². The molecule has 0 aromatic heterocycles. The van der Waals surface area contributed by atoms with Crippen molar-refractivity contribution in [2.24, 2.45) is 46.3 Å². The smallest absolute Gasteiger partial charge is 0.0980 e. The summed E-state index contributed by atoms with van der Waals surface area (Å²) < 4.78 is 0. The number of hydrogen-bond donors (Lipinski definition) is 3. The van der Waals surface area contributed by atoms with E-state index in [1.54, 1.807) is 0 Å². The Bertz CT molecular complexity index is 612. The van der Waals surface area contributed by atoms with Crippen molar-refractivity contribution in [3.8, 4) is 0 Å². The molecule has 3 N–H and O–H groups in total. The second-order valence-corrected chi connectivity index (χ2v) is 13.6. The molecule has 3 saturated carbocycles. The number of nitrogens with one attached hydrogen (secondary N) is 2. The molecule has 0 amide bonds. The van der Waals surface area contributed by atoms with Crippen molar-refractivity contribution >= 4 is 0 Å². The second kappa shape index (κ2) is 8.91. The average molecular weight is 433 g/mol. The third-order valence-corrected chi connectivity index (χ3v) is 10.7. The van der Waals surface area contributed by atoms with E-state index < -0.39 is 0 Å². The number of aliphatic hydroxyl groups excluding tert-OH is 1. The Hall–Kier alpha value is -0.120. The van der Waals surface area contributed by atoms with Crippen LogP contribution in [0.3, 0.4) is 0 Å². The van der Waals surface area contributed by atoms with Crippen LogP contribution in [0.2, 0.25) is 0 Å². The van der Waals surface area contributed by atoms with Gasteiger partial charge < -0.3 is 5.11 Å². The van der Waals surface area contributed by atoms with Gasteiger partial charge in [-0.15, -0.1) is 0 Å². The maximum absolute atomic E-state index is 10.4. The summed E-state index contributed by atoms with van der Waals surface area (Å²) in [5.74, 6) is 4.92. The molecule has 4 rings (SSSR count). The lowest BCUT2D eigenvalue weighted by Gasteiger charge is -2.49. The SMILES string of the molecule is CC(C)CCC[C@@H](C)[C@H]1CCC2C(CC3([C@H]4C[C@@H](O)CCC4(C)C)NN3)CCC[C@@]21C. The molecule has 0 bridgehead atoms. The lowest BCUT2D eigenvalue weighted by molar-refractivity contribution is -0.0159. The minimum Gasteiger partial charge on any atom is -0.393 e. The quantitative estimate of drug-likeness (QED) is 0.376. The highest BCUT2D eigenvalue weighted by atomic mass is 16.3. The molecule has 3 heteroatoms. The van der Waals surface area contributed by atoms with Crippen molar-refractivity contribution in [2.75, 3.05) is 0 Å². The van der Waals surface area contributed by atoms with Gasteiger partial charge in [-0.25, -0.2) is 10.9 Å². The summed E-state index contributed by atoms with van der Waals surface area (Å²) in [5.41, 5.74) is 8.22. The highest BCUT2D eigenvalue weighted by Gasteiger charge is 2.60. The number of aliphatic hydroxyl groups is 1. The molecule has 3 nitrogen and oxygen atoms in total. The van der Waals surface area contributed by atoms with Gasteiger partial charge in [0.25, 0.3) is 0 Å². The fraction of sp³-hybridized carbons (Fsp3) is 1.00. The fourth-order valence-corrected chi connectivity index (χ4v) is 8.82. The predicted octanol–water partition coefficient (Wildman–Crippen LogP) is 6.66. The van der Waals surface area contributed by atoms with Crippen LogP contribution >= 0.6 is 0 Å². The van der Waals surface area contributed by atoms with Crippen molar-refractivity contribution < 1.29 is 5.11 Å². The van der Waals surface area contributed by atoms with Gasteiger partial charge >= 0.3 is 0 Å². The molecule has 0 radical (unpaired) electrons. The Balaban J connectivity index is 1.43. The maximum Gasteiger partial charge on any atom is 0.0980 e. The third-order valence-electron chi connectivity index (χ3n) is 10.7. The maximum atomic E-state index is 10.4. The van der Waals surface area contributed by atoms with Crippen LogP contribution in [0.1, 0.15) is 119 Å². The molecule has 0 spiro atoms. The summed E-state index contributed by atoms with van der Waals surface area (Å²) in [6.07, 6.45) is 15.7. The molecule has 2 unspecified atom stereocenters. The zero-order valence-electron chi connectivity index (χ0n) is 21.5. The fourth-order valence-electron chi connectivity index (χ4n) is 8.82. The summed E-state index contributed by atoms with van der Waals surface area (Å²) in [7, 11) is 0.